The molecule has 0 aliphatic rings. The number of rotatable bonds is 7. The van der Waals surface area contributed by atoms with Gasteiger partial charge in [0, 0.05) is 18.8 Å². The molecule has 0 saturated heterocycles. The second-order valence-electron chi connectivity index (χ2n) is 4.78. The van der Waals surface area contributed by atoms with Crippen molar-refractivity contribution in [2.75, 3.05) is 11.3 Å². The van der Waals surface area contributed by atoms with Gasteiger partial charge in [0.1, 0.15) is 9.90 Å². The van der Waals surface area contributed by atoms with Gasteiger partial charge in [-0.3, -0.25) is 9.40 Å². The quantitative estimate of drug-likeness (QED) is 0.780. The maximum atomic E-state index is 12.2. The zero-order chi connectivity index (χ0) is 15.5. The molecule has 21 heavy (non-hydrogen) atoms. The fraction of sp³-hybridized carbons (Fsp3) is 0.545. The molecule has 2 heterocycles. The first kappa shape index (κ1) is 15.9. The van der Waals surface area contributed by atoms with Crippen LogP contribution in [-0.4, -0.2) is 41.0 Å². The van der Waals surface area contributed by atoms with E-state index in [-0.39, 0.29) is 10.0 Å². The molecule has 10 heteroatoms. The second kappa shape index (κ2) is 6.50. The summed E-state index contributed by atoms with van der Waals surface area (Å²) in [6.07, 6.45) is 2.82. The van der Waals surface area contributed by atoms with E-state index in [1.54, 1.807) is 11.6 Å². The molecule has 0 saturated carbocycles. The summed E-state index contributed by atoms with van der Waals surface area (Å²) in [4.78, 5) is 0.111. The van der Waals surface area contributed by atoms with Crippen molar-refractivity contribution in [3.8, 4) is 0 Å². The molecule has 0 aromatic carbocycles. The Morgan fingerprint density at radius 3 is 2.76 bits per heavy atom. The lowest BCUT2D eigenvalue weighted by Gasteiger charge is -2.07. The molecule has 0 aliphatic heterocycles. The van der Waals surface area contributed by atoms with Gasteiger partial charge in [-0.2, -0.15) is 5.10 Å². The summed E-state index contributed by atoms with van der Waals surface area (Å²) < 4.78 is 28.3. The highest BCUT2D eigenvalue weighted by molar-refractivity contribution is 7.93. The standard InChI is InChI=1S/C11H18N6O2S2/c1-8(2)12-4-5-17-7-10(6-13-17)21(18,19)16-11-15-14-9(3)20-11/h6-8,12H,4-5H2,1-3H3,(H,15,16). The predicted molar refractivity (Wildman–Crippen MR) is 80.8 cm³/mol. The third kappa shape index (κ3) is 4.48. The maximum Gasteiger partial charge on any atom is 0.266 e. The summed E-state index contributed by atoms with van der Waals surface area (Å²) in [5, 5.41) is 15.8. The topological polar surface area (TPSA) is 102 Å². The van der Waals surface area contributed by atoms with Crippen LogP contribution < -0.4 is 10.0 Å². The molecule has 0 bridgehead atoms. The first-order chi connectivity index (χ1) is 9.87. The molecular formula is C11H18N6O2S2. The first-order valence-electron chi connectivity index (χ1n) is 6.45. The number of anilines is 1. The van der Waals surface area contributed by atoms with Crippen molar-refractivity contribution >= 4 is 26.5 Å². The molecule has 0 fully saturated rings. The van der Waals surface area contributed by atoms with Crippen LogP contribution in [0.25, 0.3) is 0 Å². The van der Waals surface area contributed by atoms with E-state index < -0.39 is 10.0 Å². The van der Waals surface area contributed by atoms with Crippen LogP contribution in [0.5, 0.6) is 0 Å². The lowest BCUT2D eigenvalue weighted by atomic mass is 10.4. The zero-order valence-electron chi connectivity index (χ0n) is 12.1. The highest BCUT2D eigenvalue weighted by Gasteiger charge is 2.18. The van der Waals surface area contributed by atoms with Gasteiger partial charge in [0.2, 0.25) is 5.13 Å². The lowest BCUT2D eigenvalue weighted by molar-refractivity contribution is 0.515. The highest BCUT2D eigenvalue weighted by atomic mass is 32.2. The van der Waals surface area contributed by atoms with Crippen molar-refractivity contribution in [3.05, 3.63) is 17.4 Å². The Labute approximate surface area is 127 Å². The fourth-order valence-corrected chi connectivity index (χ4v) is 3.36. The van der Waals surface area contributed by atoms with Crippen LogP contribution >= 0.6 is 11.3 Å². The third-order valence-corrected chi connectivity index (χ3v) is 4.74. The van der Waals surface area contributed by atoms with Crippen molar-refractivity contribution in [1.82, 2.24) is 25.3 Å². The lowest BCUT2D eigenvalue weighted by Crippen LogP contribution is -2.26. The number of aryl methyl sites for hydroxylation is 1. The normalized spacial score (nSPS) is 12.0. The van der Waals surface area contributed by atoms with E-state index in [2.05, 4.69) is 25.3 Å². The summed E-state index contributed by atoms with van der Waals surface area (Å²) >= 11 is 1.18. The van der Waals surface area contributed by atoms with Gasteiger partial charge in [0.05, 0.1) is 12.7 Å². The Bertz CT molecular complexity index is 691. The van der Waals surface area contributed by atoms with E-state index in [4.69, 9.17) is 0 Å². The van der Waals surface area contributed by atoms with Crippen molar-refractivity contribution < 1.29 is 8.42 Å². The van der Waals surface area contributed by atoms with Crippen LogP contribution in [0.4, 0.5) is 5.13 Å². The number of hydrogen-bond acceptors (Lipinski definition) is 7. The van der Waals surface area contributed by atoms with Crippen molar-refractivity contribution in [1.29, 1.82) is 0 Å². The molecule has 0 amide bonds. The van der Waals surface area contributed by atoms with E-state index in [1.165, 1.54) is 23.7 Å². The average Bonchev–Trinajstić information content (AvgIpc) is 2.98. The molecule has 0 spiro atoms. The number of nitrogens with zero attached hydrogens (tertiary/aromatic N) is 4. The molecule has 0 radical (unpaired) electrons. The van der Waals surface area contributed by atoms with E-state index >= 15 is 0 Å². The molecule has 2 rings (SSSR count). The zero-order valence-corrected chi connectivity index (χ0v) is 13.7. The molecule has 2 aromatic heterocycles. The smallest absolute Gasteiger partial charge is 0.266 e. The molecule has 8 nitrogen and oxygen atoms in total. The molecule has 0 aliphatic carbocycles. The number of aromatic nitrogens is 4. The van der Waals surface area contributed by atoms with E-state index in [0.29, 0.717) is 17.6 Å². The Morgan fingerprint density at radius 2 is 2.14 bits per heavy atom. The minimum absolute atomic E-state index is 0.111. The number of sulfonamides is 1. The number of nitrogens with one attached hydrogen (secondary N) is 2. The van der Waals surface area contributed by atoms with Gasteiger partial charge in [0.15, 0.2) is 0 Å². The summed E-state index contributed by atoms with van der Waals surface area (Å²) in [6, 6.07) is 0.381. The van der Waals surface area contributed by atoms with Gasteiger partial charge >= 0.3 is 0 Å². The van der Waals surface area contributed by atoms with Gasteiger partial charge in [-0.1, -0.05) is 25.2 Å². The van der Waals surface area contributed by atoms with Crippen LogP contribution in [0, 0.1) is 6.92 Å². The third-order valence-electron chi connectivity index (χ3n) is 2.56. The van der Waals surface area contributed by atoms with Gasteiger partial charge in [-0.25, -0.2) is 8.42 Å². The summed E-state index contributed by atoms with van der Waals surface area (Å²) in [7, 11) is -3.67. The molecule has 116 valence electrons. The van der Waals surface area contributed by atoms with Crippen molar-refractivity contribution in [2.45, 2.75) is 38.3 Å². The largest absolute Gasteiger partial charge is 0.313 e. The molecule has 2 N–H and O–H groups in total. The summed E-state index contributed by atoms with van der Waals surface area (Å²) in [5.74, 6) is 0. The minimum atomic E-state index is -3.67. The fourth-order valence-electron chi connectivity index (χ4n) is 1.59. The van der Waals surface area contributed by atoms with Crippen molar-refractivity contribution in [3.63, 3.8) is 0 Å². The van der Waals surface area contributed by atoms with E-state index in [9.17, 15) is 8.42 Å². The van der Waals surface area contributed by atoms with Gasteiger partial charge in [0.25, 0.3) is 10.0 Å². The summed E-state index contributed by atoms with van der Waals surface area (Å²) in [5.41, 5.74) is 0. The van der Waals surface area contributed by atoms with Crippen LogP contribution in [0.15, 0.2) is 17.3 Å². The summed E-state index contributed by atoms with van der Waals surface area (Å²) in [6.45, 7) is 7.18. The Morgan fingerprint density at radius 1 is 1.38 bits per heavy atom. The van der Waals surface area contributed by atoms with Crippen LogP contribution in [0.1, 0.15) is 18.9 Å². The molecule has 0 atom stereocenters. The Balaban J connectivity index is 2.02. The number of hydrogen-bond donors (Lipinski definition) is 2. The van der Waals surface area contributed by atoms with Gasteiger partial charge in [-0.15, -0.1) is 10.2 Å². The van der Waals surface area contributed by atoms with Crippen LogP contribution in [0.2, 0.25) is 0 Å². The second-order valence-corrected chi connectivity index (χ2v) is 7.64. The predicted octanol–water partition coefficient (Wildman–Crippen LogP) is 0.842. The Hall–Kier alpha value is -1.52. The SMILES string of the molecule is Cc1nnc(NS(=O)(=O)c2cnn(CCNC(C)C)c2)s1. The first-order valence-corrected chi connectivity index (χ1v) is 8.75. The highest BCUT2D eigenvalue weighted by Crippen LogP contribution is 2.18. The van der Waals surface area contributed by atoms with Gasteiger partial charge < -0.3 is 5.32 Å². The average molecular weight is 330 g/mol. The van der Waals surface area contributed by atoms with Crippen molar-refractivity contribution in [2.24, 2.45) is 0 Å². The Kier molecular flexibility index (Phi) is 4.91. The molecule has 0 unspecified atom stereocenters. The monoisotopic (exact) mass is 330 g/mol. The van der Waals surface area contributed by atoms with Crippen LogP contribution in [-0.2, 0) is 16.6 Å². The minimum Gasteiger partial charge on any atom is -0.313 e. The van der Waals surface area contributed by atoms with E-state index in [1.807, 2.05) is 13.8 Å². The molecular weight excluding hydrogens is 312 g/mol. The van der Waals surface area contributed by atoms with Gasteiger partial charge in [-0.05, 0) is 6.92 Å². The maximum absolute atomic E-state index is 12.2. The van der Waals surface area contributed by atoms with Crippen LogP contribution in [0.3, 0.4) is 0 Å². The van der Waals surface area contributed by atoms with E-state index in [0.717, 1.165) is 6.54 Å². The molecule has 2 aromatic rings.